The lowest BCUT2D eigenvalue weighted by Crippen LogP contribution is -2.41. The third kappa shape index (κ3) is 4.16. The molecule has 0 aromatic heterocycles. The minimum atomic E-state index is 0.624. The summed E-state index contributed by atoms with van der Waals surface area (Å²) >= 11 is 1.90. The summed E-state index contributed by atoms with van der Waals surface area (Å²) in [4.78, 5) is 7.25. The molecule has 2 aliphatic heterocycles. The Labute approximate surface area is 116 Å². The van der Waals surface area contributed by atoms with E-state index in [0.717, 1.165) is 12.5 Å². The first-order chi connectivity index (χ1) is 8.65. The number of rotatable bonds is 3. The third-order valence-corrected chi connectivity index (χ3v) is 4.96. The van der Waals surface area contributed by atoms with Gasteiger partial charge in [-0.15, -0.1) is 0 Å². The van der Waals surface area contributed by atoms with Gasteiger partial charge in [0.15, 0.2) is 5.17 Å². The largest absolute Gasteiger partial charge is 0.362 e. The van der Waals surface area contributed by atoms with Gasteiger partial charge >= 0.3 is 0 Å². The molecule has 2 unspecified atom stereocenters. The molecule has 0 aliphatic carbocycles. The fraction of sp³-hybridized carbons (Fsp3) is 0.929. The Kier molecular flexibility index (Phi) is 5.37. The minimum absolute atomic E-state index is 0.624. The quantitative estimate of drug-likeness (QED) is 0.853. The summed E-state index contributed by atoms with van der Waals surface area (Å²) in [6.07, 6.45) is 3.95. The normalized spacial score (nSPS) is 32.8. The lowest BCUT2D eigenvalue weighted by Gasteiger charge is -2.30. The zero-order valence-electron chi connectivity index (χ0n) is 12.0. The van der Waals surface area contributed by atoms with Gasteiger partial charge in [0.2, 0.25) is 0 Å². The maximum Gasteiger partial charge on any atom is 0.156 e. The van der Waals surface area contributed by atoms with Crippen molar-refractivity contribution in [2.75, 3.05) is 32.4 Å². The highest BCUT2D eigenvalue weighted by atomic mass is 32.2. The number of aliphatic imine (C=N–C) groups is 1. The number of hydrogen-bond acceptors (Lipinski definition) is 3. The first-order valence-electron chi connectivity index (χ1n) is 7.27. The summed E-state index contributed by atoms with van der Waals surface area (Å²) in [5, 5.41) is 4.79. The molecule has 0 amide bonds. The molecule has 2 fully saturated rings. The summed E-state index contributed by atoms with van der Waals surface area (Å²) in [7, 11) is 2.22. The first kappa shape index (κ1) is 14.2. The SMILES string of the molecule is CC(C)C1CCSC(=NCC2CCCN(C)C2)N1. The summed E-state index contributed by atoms with van der Waals surface area (Å²) in [6.45, 7) is 8.07. The van der Waals surface area contributed by atoms with Gasteiger partial charge < -0.3 is 10.2 Å². The molecule has 0 spiro atoms. The van der Waals surface area contributed by atoms with E-state index in [1.54, 1.807) is 0 Å². The molecule has 3 nitrogen and oxygen atoms in total. The molecule has 2 aliphatic rings. The molecule has 0 bridgehead atoms. The van der Waals surface area contributed by atoms with Crippen molar-refractivity contribution in [3.8, 4) is 0 Å². The van der Waals surface area contributed by atoms with Crippen LogP contribution in [0.1, 0.15) is 33.1 Å². The Balaban J connectivity index is 1.81. The van der Waals surface area contributed by atoms with Crippen LogP contribution >= 0.6 is 11.8 Å². The Morgan fingerprint density at radius 1 is 1.44 bits per heavy atom. The van der Waals surface area contributed by atoms with E-state index in [-0.39, 0.29) is 0 Å². The van der Waals surface area contributed by atoms with E-state index >= 15 is 0 Å². The van der Waals surface area contributed by atoms with Gasteiger partial charge in [0.25, 0.3) is 0 Å². The second-order valence-corrected chi connectivity index (χ2v) is 7.13. The standard InChI is InChI=1S/C14H27N3S/c1-11(2)13-6-8-18-14(16-13)15-9-12-5-4-7-17(3)10-12/h11-13H,4-10H2,1-3H3,(H,15,16). The second-order valence-electron chi connectivity index (χ2n) is 6.05. The number of piperidine rings is 1. The Hall–Kier alpha value is -0.220. The minimum Gasteiger partial charge on any atom is -0.362 e. The Morgan fingerprint density at radius 2 is 2.28 bits per heavy atom. The second kappa shape index (κ2) is 6.80. The van der Waals surface area contributed by atoms with E-state index in [1.165, 1.54) is 43.3 Å². The number of amidine groups is 1. The van der Waals surface area contributed by atoms with Gasteiger partial charge in [0.1, 0.15) is 0 Å². The zero-order valence-corrected chi connectivity index (χ0v) is 12.8. The third-order valence-electron chi connectivity index (χ3n) is 4.00. The maximum absolute atomic E-state index is 4.82. The molecular formula is C14H27N3S. The van der Waals surface area contributed by atoms with Crippen LogP contribution in [0.3, 0.4) is 0 Å². The number of likely N-dealkylation sites (tertiary alicyclic amines) is 1. The van der Waals surface area contributed by atoms with Crippen LogP contribution in [-0.4, -0.2) is 48.5 Å². The molecule has 4 heteroatoms. The summed E-state index contributed by atoms with van der Waals surface area (Å²) in [6, 6.07) is 0.624. The van der Waals surface area contributed by atoms with E-state index in [4.69, 9.17) is 4.99 Å². The summed E-state index contributed by atoms with van der Waals surface area (Å²) in [5.41, 5.74) is 0. The van der Waals surface area contributed by atoms with Gasteiger partial charge in [-0.3, -0.25) is 4.99 Å². The molecule has 1 N–H and O–H groups in total. The molecule has 0 aromatic carbocycles. The van der Waals surface area contributed by atoms with E-state index in [1.807, 2.05) is 11.8 Å². The van der Waals surface area contributed by atoms with Crippen LogP contribution in [0.15, 0.2) is 4.99 Å². The van der Waals surface area contributed by atoms with Crippen molar-refractivity contribution in [1.29, 1.82) is 0 Å². The molecule has 104 valence electrons. The monoisotopic (exact) mass is 269 g/mol. The Morgan fingerprint density at radius 3 is 3.00 bits per heavy atom. The van der Waals surface area contributed by atoms with Crippen molar-refractivity contribution in [3.63, 3.8) is 0 Å². The highest BCUT2D eigenvalue weighted by Gasteiger charge is 2.21. The van der Waals surface area contributed by atoms with Crippen LogP contribution in [0.4, 0.5) is 0 Å². The van der Waals surface area contributed by atoms with E-state index in [0.29, 0.717) is 12.0 Å². The van der Waals surface area contributed by atoms with Gasteiger partial charge in [-0.1, -0.05) is 25.6 Å². The van der Waals surface area contributed by atoms with Crippen LogP contribution < -0.4 is 5.32 Å². The number of hydrogen-bond donors (Lipinski definition) is 1. The molecule has 2 saturated heterocycles. The lowest BCUT2D eigenvalue weighted by molar-refractivity contribution is 0.214. The van der Waals surface area contributed by atoms with Crippen molar-refractivity contribution >= 4 is 16.9 Å². The fourth-order valence-corrected chi connectivity index (χ4v) is 3.75. The van der Waals surface area contributed by atoms with Crippen molar-refractivity contribution in [3.05, 3.63) is 0 Å². The molecule has 2 atom stereocenters. The average Bonchev–Trinajstić information content (AvgIpc) is 2.37. The van der Waals surface area contributed by atoms with Crippen molar-refractivity contribution < 1.29 is 0 Å². The van der Waals surface area contributed by atoms with Crippen molar-refractivity contribution in [1.82, 2.24) is 10.2 Å². The van der Waals surface area contributed by atoms with Gasteiger partial charge in [-0.2, -0.15) is 0 Å². The maximum atomic E-state index is 4.82. The average molecular weight is 269 g/mol. The Bertz CT molecular complexity index is 291. The van der Waals surface area contributed by atoms with E-state index in [2.05, 4.69) is 31.1 Å². The zero-order chi connectivity index (χ0) is 13.0. The lowest BCUT2D eigenvalue weighted by atomic mass is 9.99. The van der Waals surface area contributed by atoms with Crippen LogP contribution in [0, 0.1) is 11.8 Å². The highest BCUT2D eigenvalue weighted by molar-refractivity contribution is 8.13. The molecule has 0 aromatic rings. The molecule has 0 radical (unpaired) electrons. The highest BCUT2D eigenvalue weighted by Crippen LogP contribution is 2.20. The molecule has 0 saturated carbocycles. The molecular weight excluding hydrogens is 242 g/mol. The summed E-state index contributed by atoms with van der Waals surface area (Å²) in [5.74, 6) is 2.69. The van der Waals surface area contributed by atoms with Crippen LogP contribution in [0.2, 0.25) is 0 Å². The number of nitrogens with one attached hydrogen (secondary N) is 1. The molecule has 18 heavy (non-hydrogen) atoms. The van der Waals surface area contributed by atoms with Gasteiger partial charge in [-0.05, 0) is 44.7 Å². The fourth-order valence-electron chi connectivity index (χ4n) is 2.78. The van der Waals surface area contributed by atoms with Crippen LogP contribution in [0.5, 0.6) is 0 Å². The summed E-state index contributed by atoms with van der Waals surface area (Å²) < 4.78 is 0. The number of thioether (sulfide) groups is 1. The van der Waals surface area contributed by atoms with Crippen molar-refractivity contribution in [2.24, 2.45) is 16.8 Å². The topological polar surface area (TPSA) is 27.6 Å². The van der Waals surface area contributed by atoms with Gasteiger partial charge in [0.05, 0.1) is 0 Å². The molecule has 2 rings (SSSR count). The van der Waals surface area contributed by atoms with Crippen molar-refractivity contribution in [2.45, 2.75) is 39.2 Å². The van der Waals surface area contributed by atoms with E-state index < -0.39 is 0 Å². The predicted octanol–water partition coefficient (Wildman–Crippen LogP) is 2.44. The van der Waals surface area contributed by atoms with Crippen LogP contribution in [-0.2, 0) is 0 Å². The van der Waals surface area contributed by atoms with Gasteiger partial charge in [-0.25, -0.2) is 0 Å². The first-order valence-corrected chi connectivity index (χ1v) is 8.26. The van der Waals surface area contributed by atoms with Crippen LogP contribution in [0.25, 0.3) is 0 Å². The smallest absolute Gasteiger partial charge is 0.156 e. The number of nitrogens with zero attached hydrogens (tertiary/aromatic N) is 2. The predicted molar refractivity (Wildman–Crippen MR) is 81.4 cm³/mol. The molecule has 2 heterocycles. The van der Waals surface area contributed by atoms with Gasteiger partial charge in [0, 0.05) is 24.9 Å². The van der Waals surface area contributed by atoms with E-state index in [9.17, 15) is 0 Å².